The molecule has 0 aliphatic carbocycles. The number of likely N-dealkylation sites (N-methyl/N-ethyl adjacent to an activating group) is 1. The maximum atomic E-state index is 9.33. The highest BCUT2D eigenvalue weighted by Gasteiger charge is 2.41. The van der Waals surface area contributed by atoms with Gasteiger partial charge in [0.05, 0.1) is 7.11 Å². The summed E-state index contributed by atoms with van der Waals surface area (Å²) in [4.78, 5) is 2.40. The van der Waals surface area contributed by atoms with E-state index < -0.39 is 10.4 Å². The molecule has 0 saturated heterocycles. The lowest BCUT2D eigenvalue weighted by atomic mass is 9.79. The van der Waals surface area contributed by atoms with E-state index >= 15 is 0 Å². The number of nitrogens with zero attached hydrogens (tertiary/aromatic N) is 1. The van der Waals surface area contributed by atoms with Gasteiger partial charge in [-0.2, -0.15) is 8.42 Å². The van der Waals surface area contributed by atoms with Gasteiger partial charge in [0.2, 0.25) is 0 Å². The molecule has 2 aromatic carbocycles. The Bertz CT molecular complexity index is 814. The predicted molar refractivity (Wildman–Crippen MR) is 93.4 cm³/mol. The second-order valence-corrected chi connectivity index (χ2v) is 7.47. The summed E-state index contributed by atoms with van der Waals surface area (Å²) >= 11 is 0. The summed E-state index contributed by atoms with van der Waals surface area (Å²) in [6.45, 7) is 7.02. The zero-order valence-electron chi connectivity index (χ0n) is 14.1. The van der Waals surface area contributed by atoms with Gasteiger partial charge in [-0.1, -0.05) is 44.2 Å². The van der Waals surface area contributed by atoms with Crippen molar-refractivity contribution in [3.05, 3.63) is 42.0 Å². The van der Waals surface area contributed by atoms with Gasteiger partial charge in [0.15, 0.2) is 0 Å². The molecule has 0 saturated carbocycles. The molecule has 0 bridgehead atoms. The van der Waals surface area contributed by atoms with Crippen LogP contribution in [0.5, 0.6) is 0 Å². The first-order chi connectivity index (χ1) is 10.6. The van der Waals surface area contributed by atoms with Gasteiger partial charge in [-0.3, -0.25) is 8.74 Å². The molecule has 1 aliphatic heterocycles. The molecule has 0 aromatic heterocycles. The maximum absolute atomic E-state index is 9.33. The molecule has 23 heavy (non-hydrogen) atoms. The van der Waals surface area contributed by atoms with Crippen LogP contribution in [0.25, 0.3) is 10.8 Å². The van der Waals surface area contributed by atoms with Crippen LogP contribution in [0.15, 0.2) is 36.4 Å². The van der Waals surface area contributed by atoms with Gasteiger partial charge in [-0.25, -0.2) is 0 Å². The van der Waals surface area contributed by atoms with Gasteiger partial charge >= 0.3 is 10.4 Å². The Labute approximate surface area is 137 Å². The molecule has 0 radical (unpaired) electrons. The Morgan fingerprint density at radius 1 is 1.17 bits per heavy atom. The summed E-state index contributed by atoms with van der Waals surface area (Å²) < 4.78 is 29.7. The first-order valence-corrected chi connectivity index (χ1v) is 8.74. The third-order valence-electron chi connectivity index (χ3n) is 4.77. The van der Waals surface area contributed by atoms with Gasteiger partial charge < -0.3 is 4.90 Å². The van der Waals surface area contributed by atoms with Crippen molar-refractivity contribution in [2.75, 3.05) is 19.1 Å². The van der Waals surface area contributed by atoms with E-state index in [1.54, 1.807) is 0 Å². The van der Waals surface area contributed by atoms with E-state index in [2.05, 4.69) is 73.3 Å². The Balaban J connectivity index is 0.000000277. The standard InChI is InChI=1S/C16H19N.CH4O4S/c1-11-16(2,3)15-13-8-6-5-7-12(13)9-10-14(15)17(11)4;1-5-6(2,3)4/h5-11H,1-4H3;1H3,(H,2,3,4). The monoisotopic (exact) mass is 337 g/mol. The van der Waals surface area contributed by atoms with Crippen molar-refractivity contribution in [2.45, 2.75) is 32.2 Å². The first-order valence-electron chi connectivity index (χ1n) is 7.37. The molecule has 6 heteroatoms. The molecule has 0 amide bonds. The molecule has 5 nitrogen and oxygen atoms in total. The average molecular weight is 337 g/mol. The fourth-order valence-corrected chi connectivity index (χ4v) is 3.13. The van der Waals surface area contributed by atoms with Crippen LogP contribution in [0.1, 0.15) is 26.3 Å². The van der Waals surface area contributed by atoms with Crippen molar-refractivity contribution in [2.24, 2.45) is 0 Å². The van der Waals surface area contributed by atoms with Crippen LogP contribution in [0.4, 0.5) is 5.69 Å². The van der Waals surface area contributed by atoms with Crippen LogP contribution in [0.3, 0.4) is 0 Å². The zero-order valence-corrected chi connectivity index (χ0v) is 14.9. The quantitative estimate of drug-likeness (QED) is 0.808. The van der Waals surface area contributed by atoms with Gasteiger partial charge in [0, 0.05) is 24.2 Å². The van der Waals surface area contributed by atoms with Crippen LogP contribution in [-0.2, 0) is 20.0 Å². The van der Waals surface area contributed by atoms with Crippen LogP contribution in [-0.4, -0.2) is 33.2 Å². The van der Waals surface area contributed by atoms with E-state index in [1.807, 2.05) is 0 Å². The number of rotatable bonds is 1. The molecule has 1 N–H and O–H groups in total. The minimum absolute atomic E-state index is 0.213. The SMILES string of the molecule is CC1N(C)c2ccc3ccccc3c2C1(C)C.COS(=O)(=O)O. The van der Waals surface area contributed by atoms with Gasteiger partial charge in [0.1, 0.15) is 0 Å². The maximum Gasteiger partial charge on any atom is 0.397 e. The molecular weight excluding hydrogens is 314 g/mol. The van der Waals surface area contributed by atoms with Gasteiger partial charge in [-0.05, 0) is 29.3 Å². The molecule has 126 valence electrons. The van der Waals surface area contributed by atoms with Crippen LogP contribution < -0.4 is 4.90 Å². The van der Waals surface area contributed by atoms with Crippen LogP contribution in [0, 0.1) is 0 Å². The second kappa shape index (κ2) is 6.11. The molecule has 3 rings (SSSR count). The number of anilines is 1. The summed E-state index contributed by atoms with van der Waals surface area (Å²) in [5, 5.41) is 2.76. The third-order valence-corrected chi connectivity index (χ3v) is 5.19. The lowest BCUT2D eigenvalue weighted by Crippen LogP contribution is -2.36. The summed E-state index contributed by atoms with van der Waals surface area (Å²) in [6.07, 6.45) is 0. The Kier molecular flexibility index (Phi) is 4.71. The van der Waals surface area contributed by atoms with Crippen LogP contribution >= 0.6 is 0 Å². The fraction of sp³-hybridized carbons (Fsp3) is 0.412. The summed E-state index contributed by atoms with van der Waals surface area (Å²) in [5.41, 5.74) is 3.11. The third kappa shape index (κ3) is 3.34. The van der Waals surface area contributed by atoms with E-state index in [0.29, 0.717) is 6.04 Å². The molecule has 1 aliphatic rings. The molecule has 2 aromatic rings. The molecule has 0 spiro atoms. The minimum atomic E-state index is -4.16. The number of fused-ring (bicyclic) bond motifs is 3. The molecular formula is C17H23NO4S. The Morgan fingerprint density at radius 2 is 1.74 bits per heavy atom. The summed E-state index contributed by atoms with van der Waals surface area (Å²) in [5.74, 6) is 0. The largest absolute Gasteiger partial charge is 0.397 e. The highest BCUT2D eigenvalue weighted by atomic mass is 32.3. The van der Waals surface area contributed by atoms with E-state index in [0.717, 1.165) is 7.11 Å². The number of hydrogen-bond acceptors (Lipinski definition) is 4. The zero-order chi connectivity index (χ0) is 17.4. The lowest BCUT2D eigenvalue weighted by molar-refractivity contribution is 0.324. The highest BCUT2D eigenvalue weighted by Crippen LogP contribution is 2.47. The average Bonchev–Trinajstić information content (AvgIpc) is 2.68. The predicted octanol–water partition coefficient (Wildman–Crippen LogP) is 3.39. The van der Waals surface area contributed by atoms with Crippen molar-refractivity contribution in [3.63, 3.8) is 0 Å². The minimum Gasteiger partial charge on any atom is -0.371 e. The second-order valence-electron chi connectivity index (χ2n) is 6.28. The molecule has 1 atom stereocenters. The molecule has 0 fully saturated rings. The topological polar surface area (TPSA) is 66.8 Å². The summed E-state index contributed by atoms with van der Waals surface area (Å²) in [7, 11) is -1.09. The van der Waals surface area contributed by atoms with Crippen molar-refractivity contribution in [3.8, 4) is 0 Å². The smallest absolute Gasteiger partial charge is 0.371 e. The summed E-state index contributed by atoms with van der Waals surface area (Å²) in [6, 6.07) is 13.8. The van der Waals surface area contributed by atoms with Crippen molar-refractivity contribution in [1.29, 1.82) is 0 Å². The van der Waals surface area contributed by atoms with E-state index in [-0.39, 0.29) is 5.41 Å². The van der Waals surface area contributed by atoms with Gasteiger partial charge in [0.25, 0.3) is 0 Å². The van der Waals surface area contributed by atoms with Gasteiger partial charge in [-0.15, -0.1) is 0 Å². The Morgan fingerprint density at radius 3 is 2.30 bits per heavy atom. The molecule has 1 unspecified atom stereocenters. The highest BCUT2D eigenvalue weighted by molar-refractivity contribution is 7.80. The van der Waals surface area contributed by atoms with E-state index in [9.17, 15) is 8.42 Å². The lowest BCUT2D eigenvalue weighted by Gasteiger charge is -2.28. The van der Waals surface area contributed by atoms with Crippen molar-refractivity contribution in [1.82, 2.24) is 0 Å². The fourth-order valence-electron chi connectivity index (χ4n) is 3.13. The first kappa shape index (κ1) is 17.7. The molecule has 1 heterocycles. The normalized spacial score (nSPS) is 19.2. The van der Waals surface area contributed by atoms with E-state index in [4.69, 9.17) is 4.55 Å². The number of benzene rings is 2. The Hall–Kier alpha value is -1.63. The van der Waals surface area contributed by atoms with Crippen molar-refractivity contribution >= 4 is 26.9 Å². The van der Waals surface area contributed by atoms with E-state index in [1.165, 1.54) is 22.0 Å². The van der Waals surface area contributed by atoms with Crippen molar-refractivity contribution < 1.29 is 17.2 Å². The van der Waals surface area contributed by atoms with Crippen LogP contribution in [0.2, 0.25) is 0 Å². The number of hydrogen-bond donors (Lipinski definition) is 1.